The fourth-order valence-corrected chi connectivity index (χ4v) is 1.81. The minimum absolute atomic E-state index is 0.337. The first-order valence-electron chi connectivity index (χ1n) is 4.86. The van der Waals surface area contributed by atoms with Crippen molar-refractivity contribution in [1.29, 1.82) is 0 Å². The summed E-state index contributed by atoms with van der Waals surface area (Å²) in [5.41, 5.74) is 1.81. The van der Waals surface area contributed by atoms with Crippen LogP contribution < -0.4 is 9.47 Å². The number of rotatable bonds is 3. The molecule has 0 radical (unpaired) electrons. The maximum Gasteiger partial charge on any atom is 0.241 e. The van der Waals surface area contributed by atoms with Gasteiger partial charge in [0.1, 0.15) is 11.5 Å². The van der Waals surface area contributed by atoms with Crippen molar-refractivity contribution in [2.24, 2.45) is 0 Å². The second-order valence-electron chi connectivity index (χ2n) is 3.35. The number of ether oxygens (including phenoxy) is 2. The van der Waals surface area contributed by atoms with E-state index in [-0.39, 0.29) is 0 Å². The van der Waals surface area contributed by atoms with E-state index in [1.54, 1.807) is 14.2 Å². The van der Waals surface area contributed by atoms with Gasteiger partial charge in [-0.2, -0.15) is 0 Å². The molecule has 0 aliphatic heterocycles. The predicted molar refractivity (Wildman–Crippen MR) is 61.7 cm³/mol. The molecular formula is C12H12N2O2. The molecule has 0 aliphatic rings. The summed E-state index contributed by atoms with van der Waals surface area (Å²) in [5.74, 6) is 1.52. The lowest BCUT2D eigenvalue weighted by Gasteiger charge is -2.06. The Balaban J connectivity index is 2.73. The summed E-state index contributed by atoms with van der Waals surface area (Å²) in [6.45, 7) is 7.26. The molecule has 0 aliphatic carbocycles. The van der Waals surface area contributed by atoms with Crippen LogP contribution in [0.15, 0.2) is 18.3 Å². The van der Waals surface area contributed by atoms with Gasteiger partial charge in [0.2, 0.25) is 6.54 Å². The first-order valence-corrected chi connectivity index (χ1v) is 4.86. The summed E-state index contributed by atoms with van der Waals surface area (Å²) in [6, 6.07) is 3.70. The van der Waals surface area contributed by atoms with Gasteiger partial charge < -0.3 is 19.3 Å². The molecule has 4 heteroatoms. The normalized spacial score (nSPS) is 10.1. The Morgan fingerprint density at radius 1 is 1.25 bits per heavy atom. The van der Waals surface area contributed by atoms with E-state index in [1.165, 1.54) is 0 Å². The molecular weight excluding hydrogens is 204 g/mol. The van der Waals surface area contributed by atoms with Crippen molar-refractivity contribution in [2.45, 2.75) is 6.54 Å². The molecule has 2 aromatic rings. The van der Waals surface area contributed by atoms with Crippen LogP contribution in [-0.4, -0.2) is 19.2 Å². The lowest BCUT2D eigenvalue weighted by molar-refractivity contribution is 0.410. The summed E-state index contributed by atoms with van der Waals surface area (Å²) in [7, 11) is 3.24. The van der Waals surface area contributed by atoms with Crippen LogP contribution in [0, 0.1) is 6.57 Å². The molecule has 0 unspecified atom stereocenters. The van der Waals surface area contributed by atoms with E-state index in [2.05, 4.69) is 9.83 Å². The summed E-state index contributed by atoms with van der Waals surface area (Å²) in [6.07, 6.45) is 1.83. The number of nitrogens with zero attached hydrogens (tertiary/aromatic N) is 1. The second-order valence-corrected chi connectivity index (χ2v) is 3.35. The predicted octanol–water partition coefficient (Wildman–Crippen LogP) is 2.60. The topological polar surface area (TPSA) is 38.6 Å². The highest BCUT2D eigenvalue weighted by molar-refractivity contribution is 5.93. The van der Waals surface area contributed by atoms with Gasteiger partial charge in [-0.25, -0.2) is 6.57 Å². The zero-order valence-electron chi connectivity index (χ0n) is 9.20. The van der Waals surface area contributed by atoms with Crippen molar-refractivity contribution in [3.63, 3.8) is 0 Å². The maximum absolute atomic E-state index is 6.92. The first kappa shape index (κ1) is 10.4. The highest BCUT2D eigenvalue weighted by Crippen LogP contribution is 2.35. The van der Waals surface area contributed by atoms with E-state index in [0.29, 0.717) is 6.54 Å². The molecule has 0 fully saturated rings. The molecule has 0 saturated heterocycles. The fraction of sp³-hybridized carbons (Fsp3) is 0.250. The van der Waals surface area contributed by atoms with Gasteiger partial charge in [-0.05, 0) is 12.1 Å². The van der Waals surface area contributed by atoms with Crippen LogP contribution in [0.4, 0.5) is 0 Å². The van der Waals surface area contributed by atoms with Crippen LogP contribution >= 0.6 is 0 Å². The molecule has 0 atom stereocenters. The summed E-state index contributed by atoms with van der Waals surface area (Å²) in [5, 5.41) is 0.929. The third kappa shape index (κ3) is 1.47. The van der Waals surface area contributed by atoms with Crippen molar-refractivity contribution in [3.8, 4) is 11.5 Å². The molecule has 82 valence electrons. The SMILES string of the molecule is [C-]#[N+]Cc1c[nH]c2c(OC)ccc(OC)c12. The van der Waals surface area contributed by atoms with Gasteiger partial charge >= 0.3 is 0 Å². The Labute approximate surface area is 93.6 Å². The number of nitrogens with one attached hydrogen (secondary N) is 1. The number of methoxy groups -OCH3 is 2. The number of aromatic amines is 1. The Bertz CT molecular complexity index is 552. The molecule has 1 N–H and O–H groups in total. The van der Waals surface area contributed by atoms with Crippen molar-refractivity contribution in [3.05, 3.63) is 35.3 Å². The third-order valence-electron chi connectivity index (χ3n) is 2.53. The van der Waals surface area contributed by atoms with E-state index >= 15 is 0 Å². The first-order chi connectivity index (χ1) is 7.81. The fourth-order valence-electron chi connectivity index (χ4n) is 1.81. The monoisotopic (exact) mass is 216 g/mol. The zero-order valence-corrected chi connectivity index (χ0v) is 9.20. The van der Waals surface area contributed by atoms with Crippen LogP contribution in [-0.2, 0) is 6.54 Å². The van der Waals surface area contributed by atoms with Crippen molar-refractivity contribution < 1.29 is 9.47 Å². The van der Waals surface area contributed by atoms with Gasteiger partial charge in [0.15, 0.2) is 0 Å². The van der Waals surface area contributed by atoms with E-state index in [4.69, 9.17) is 16.0 Å². The lowest BCUT2D eigenvalue weighted by Crippen LogP contribution is -1.89. The Morgan fingerprint density at radius 2 is 1.94 bits per heavy atom. The second kappa shape index (κ2) is 4.15. The highest BCUT2D eigenvalue weighted by atomic mass is 16.5. The summed E-state index contributed by atoms with van der Waals surface area (Å²) in [4.78, 5) is 6.51. The number of hydrogen-bond acceptors (Lipinski definition) is 2. The lowest BCUT2D eigenvalue weighted by atomic mass is 10.1. The van der Waals surface area contributed by atoms with Gasteiger partial charge in [0.25, 0.3) is 0 Å². The van der Waals surface area contributed by atoms with Gasteiger partial charge in [0, 0.05) is 6.20 Å². The summed E-state index contributed by atoms with van der Waals surface area (Å²) >= 11 is 0. The Kier molecular flexibility index (Phi) is 2.69. The minimum Gasteiger partial charge on any atom is -0.496 e. The Hall–Kier alpha value is -2.15. The van der Waals surface area contributed by atoms with Gasteiger partial charge in [-0.15, -0.1) is 0 Å². The summed E-state index contributed by atoms with van der Waals surface area (Å²) < 4.78 is 10.5. The molecule has 4 nitrogen and oxygen atoms in total. The van der Waals surface area contributed by atoms with Gasteiger partial charge in [0.05, 0.1) is 30.7 Å². The van der Waals surface area contributed by atoms with Crippen LogP contribution in [0.5, 0.6) is 11.5 Å². The number of hydrogen-bond donors (Lipinski definition) is 1. The molecule has 2 rings (SSSR count). The molecule has 16 heavy (non-hydrogen) atoms. The molecule has 0 amide bonds. The molecule has 0 bridgehead atoms. The number of benzene rings is 1. The van der Waals surface area contributed by atoms with E-state index in [1.807, 2.05) is 18.3 Å². The number of aromatic nitrogens is 1. The molecule has 0 spiro atoms. The quantitative estimate of drug-likeness (QED) is 0.801. The number of H-pyrrole nitrogens is 1. The molecule has 0 saturated carbocycles. The van der Waals surface area contributed by atoms with E-state index in [9.17, 15) is 0 Å². The van der Waals surface area contributed by atoms with Gasteiger partial charge in [-0.3, -0.25) is 0 Å². The zero-order chi connectivity index (χ0) is 11.5. The molecule has 1 heterocycles. The van der Waals surface area contributed by atoms with Crippen molar-refractivity contribution in [2.75, 3.05) is 14.2 Å². The smallest absolute Gasteiger partial charge is 0.241 e. The standard InChI is InChI=1S/C12H12N2O2/c1-13-6-8-7-14-12-10(16-3)5-4-9(15-2)11(8)12/h4-5,7,14H,6H2,2-3H3. The van der Waals surface area contributed by atoms with Crippen LogP contribution in [0.2, 0.25) is 0 Å². The van der Waals surface area contributed by atoms with Crippen molar-refractivity contribution in [1.82, 2.24) is 4.98 Å². The molecule has 1 aromatic heterocycles. The van der Waals surface area contributed by atoms with Crippen LogP contribution in [0.1, 0.15) is 5.56 Å². The number of fused-ring (bicyclic) bond motifs is 1. The van der Waals surface area contributed by atoms with Crippen LogP contribution in [0.3, 0.4) is 0 Å². The van der Waals surface area contributed by atoms with E-state index in [0.717, 1.165) is 28.0 Å². The molecule has 1 aromatic carbocycles. The van der Waals surface area contributed by atoms with Crippen molar-refractivity contribution >= 4 is 10.9 Å². The third-order valence-corrected chi connectivity index (χ3v) is 2.53. The van der Waals surface area contributed by atoms with Crippen LogP contribution in [0.25, 0.3) is 15.7 Å². The maximum atomic E-state index is 6.92. The highest BCUT2D eigenvalue weighted by Gasteiger charge is 2.14. The average Bonchev–Trinajstić information content (AvgIpc) is 2.73. The largest absolute Gasteiger partial charge is 0.496 e. The minimum atomic E-state index is 0.337. The van der Waals surface area contributed by atoms with E-state index < -0.39 is 0 Å². The van der Waals surface area contributed by atoms with Gasteiger partial charge in [-0.1, -0.05) is 0 Å². The average molecular weight is 216 g/mol. The Morgan fingerprint density at radius 3 is 2.56 bits per heavy atom.